The Labute approximate surface area is 211 Å². The molecule has 1 aliphatic carbocycles. The van der Waals surface area contributed by atoms with Crippen LogP contribution in [0.3, 0.4) is 0 Å². The molecular weight excluding hydrogens is 479 g/mol. The molecule has 36 heavy (non-hydrogen) atoms. The van der Waals surface area contributed by atoms with Crippen molar-refractivity contribution in [3.05, 3.63) is 88.0 Å². The first kappa shape index (κ1) is 23.7. The molecule has 2 aromatic heterocycles. The van der Waals surface area contributed by atoms with Crippen LogP contribution in [0, 0.1) is 5.82 Å². The number of carbonyl (C=O) groups excluding carboxylic acids is 2. The van der Waals surface area contributed by atoms with Gasteiger partial charge in [-0.2, -0.15) is 9.78 Å². The summed E-state index contributed by atoms with van der Waals surface area (Å²) in [6.45, 7) is 0.0364. The summed E-state index contributed by atoms with van der Waals surface area (Å²) in [6.07, 6.45) is 4.05. The molecule has 0 saturated heterocycles. The number of anilines is 1. The average molecular weight is 505 g/mol. The van der Waals surface area contributed by atoms with E-state index in [9.17, 15) is 19.1 Å². The maximum Gasteiger partial charge on any atom is 0.342 e. The van der Waals surface area contributed by atoms with Gasteiger partial charge in [-0.25, -0.2) is 9.18 Å². The van der Waals surface area contributed by atoms with Crippen LogP contribution in [0.2, 0.25) is 0 Å². The van der Waals surface area contributed by atoms with Crippen LogP contribution in [-0.2, 0) is 6.54 Å². The van der Waals surface area contributed by atoms with Crippen molar-refractivity contribution in [1.82, 2.24) is 15.1 Å². The molecule has 1 fully saturated rings. The quantitative estimate of drug-likeness (QED) is 0.295. The summed E-state index contributed by atoms with van der Waals surface area (Å²) >= 11 is 1.33. The zero-order valence-corrected chi connectivity index (χ0v) is 20.2. The third-order valence-electron chi connectivity index (χ3n) is 6.37. The highest BCUT2D eigenvalue weighted by molar-refractivity contribution is 7.12. The van der Waals surface area contributed by atoms with Crippen LogP contribution < -0.4 is 10.6 Å². The van der Waals surface area contributed by atoms with Crippen molar-refractivity contribution in [3.63, 3.8) is 0 Å². The number of nitrogens with zero attached hydrogens (tertiary/aromatic N) is 2. The van der Waals surface area contributed by atoms with Crippen LogP contribution in [0.5, 0.6) is 5.75 Å². The van der Waals surface area contributed by atoms with Crippen molar-refractivity contribution < 1.29 is 19.1 Å². The molecule has 4 aromatic rings. The Kier molecular flexibility index (Phi) is 6.81. The molecular formula is C27H25FN4O3S. The van der Waals surface area contributed by atoms with E-state index in [2.05, 4.69) is 15.7 Å². The summed E-state index contributed by atoms with van der Waals surface area (Å²) in [6, 6.07) is 16.0. The Morgan fingerprint density at radius 3 is 2.61 bits per heavy atom. The third-order valence-corrected chi connectivity index (χ3v) is 7.24. The molecule has 7 nitrogen and oxygen atoms in total. The Morgan fingerprint density at radius 2 is 1.89 bits per heavy atom. The van der Waals surface area contributed by atoms with E-state index in [0.29, 0.717) is 27.4 Å². The van der Waals surface area contributed by atoms with E-state index in [1.165, 1.54) is 28.2 Å². The van der Waals surface area contributed by atoms with Crippen LogP contribution in [0.4, 0.5) is 14.9 Å². The van der Waals surface area contributed by atoms with Gasteiger partial charge in [0.25, 0.3) is 5.91 Å². The number of hydrogen-bond acceptors (Lipinski definition) is 5. The Bertz CT molecular complexity index is 1390. The third kappa shape index (κ3) is 5.01. The number of aromatic nitrogens is 2. The summed E-state index contributed by atoms with van der Waals surface area (Å²) in [4.78, 5) is 26.0. The topological polar surface area (TPSA) is 96.3 Å². The number of nitrogens with one attached hydrogen (secondary N) is 2. The molecule has 2 amide bonds. The number of amides is 2. The lowest BCUT2D eigenvalue weighted by molar-refractivity contribution is 0.103. The second kappa shape index (κ2) is 10.3. The van der Waals surface area contributed by atoms with Crippen molar-refractivity contribution in [2.24, 2.45) is 0 Å². The Morgan fingerprint density at radius 1 is 1.08 bits per heavy atom. The lowest BCUT2D eigenvalue weighted by Gasteiger charge is -2.12. The number of rotatable bonds is 6. The number of aromatic hydroxyl groups is 1. The number of carbonyl (C=O) groups is 2. The lowest BCUT2D eigenvalue weighted by atomic mass is 10.0. The number of hydrogen-bond donors (Lipinski definition) is 3. The second-order valence-electron chi connectivity index (χ2n) is 8.76. The summed E-state index contributed by atoms with van der Waals surface area (Å²) in [5.41, 5.74) is 2.50. The minimum absolute atomic E-state index is 0.0364. The summed E-state index contributed by atoms with van der Waals surface area (Å²) in [5.74, 6) is -0.520. The number of phenolic OH excluding ortho intramolecular Hbond substituents is 1. The first-order valence-corrected chi connectivity index (χ1v) is 12.7. The van der Waals surface area contributed by atoms with Gasteiger partial charge in [-0.3, -0.25) is 4.79 Å². The molecule has 0 spiro atoms. The number of phenols is 1. The van der Waals surface area contributed by atoms with E-state index in [1.54, 1.807) is 42.5 Å². The van der Waals surface area contributed by atoms with Crippen LogP contribution >= 0.6 is 11.3 Å². The maximum atomic E-state index is 14.0. The summed E-state index contributed by atoms with van der Waals surface area (Å²) < 4.78 is 15.3. The first-order chi connectivity index (χ1) is 17.5. The van der Waals surface area contributed by atoms with E-state index < -0.39 is 6.03 Å². The fourth-order valence-electron chi connectivity index (χ4n) is 4.52. The Balaban J connectivity index is 1.39. The van der Waals surface area contributed by atoms with Crippen molar-refractivity contribution in [2.75, 3.05) is 5.32 Å². The molecule has 184 valence electrons. The van der Waals surface area contributed by atoms with Gasteiger partial charge in [0.15, 0.2) is 0 Å². The van der Waals surface area contributed by atoms with Gasteiger partial charge in [0.2, 0.25) is 0 Å². The highest BCUT2D eigenvalue weighted by atomic mass is 32.1. The van der Waals surface area contributed by atoms with Gasteiger partial charge in [-0.1, -0.05) is 37.1 Å². The highest BCUT2D eigenvalue weighted by Gasteiger charge is 2.26. The van der Waals surface area contributed by atoms with Crippen LogP contribution in [0.1, 0.15) is 52.5 Å². The van der Waals surface area contributed by atoms with Gasteiger partial charge in [-0.05, 0) is 48.6 Å². The zero-order valence-electron chi connectivity index (χ0n) is 19.4. The minimum Gasteiger partial charge on any atom is -0.507 e. The van der Waals surface area contributed by atoms with Crippen LogP contribution in [-0.4, -0.2) is 26.8 Å². The molecule has 0 unspecified atom stereocenters. The van der Waals surface area contributed by atoms with Crippen molar-refractivity contribution in [2.45, 2.75) is 38.1 Å². The molecule has 1 aliphatic rings. The van der Waals surface area contributed by atoms with Gasteiger partial charge in [0.1, 0.15) is 11.6 Å². The van der Waals surface area contributed by atoms with Crippen molar-refractivity contribution in [3.8, 4) is 17.0 Å². The molecule has 5 rings (SSSR count). The van der Waals surface area contributed by atoms with E-state index in [-0.39, 0.29) is 29.9 Å². The predicted octanol–water partition coefficient (Wildman–Crippen LogP) is 6.12. The monoisotopic (exact) mass is 504 g/mol. The number of halogens is 1. The second-order valence-corrected chi connectivity index (χ2v) is 9.71. The molecule has 0 radical (unpaired) electrons. The van der Waals surface area contributed by atoms with Crippen molar-refractivity contribution in [1.29, 1.82) is 0 Å². The van der Waals surface area contributed by atoms with Gasteiger partial charge >= 0.3 is 6.03 Å². The van der Waals surface area contributed by atoms with E-state index in [0.717, 1.165) is 31.4 Å². The maximum absolute atomic E-state index is 14.0. The molecule has 2 heterocycles. The summed E-state index contributed by atoms with van der Waals surface area (Å²) in [7, 11) is 0. The van der Waals surface area contributed by atoms with E-state index in [4.69, 9.17) is 0 Å². The van der Waals surface area contributed by atoms with Gasteiger partial charge < -0.3 is 15.7 Å². The summed E-state index contributed by atoms with van der Waals surface area (Å²) in [5, 5.41) is 22.6. The first-order valence-electron chi connectivity index (χ1n) is 11.8. The normalized spacial score (nSPS) is 13.6. The SMILES string of the molecule is O=C(Nc1ccc(-c2cc(C3CCCC3)n(C(=O)NCc3ccccc3F)n2)c(O)c1)c1cccs1. The molecule has 0 atom stereocenters. The fourth-order valence-corrected chi connectivity index (χ4v) is 5.14. The molecule has 2 aromatic carbocycles. The molecule has 0 bridgehead atoms. The van der Waals surface area contributed by atoms with Gasteiger partial charge in [0.05, 0.1) is 16.3 Å². The van der Waals surface area contributed by atoms with Crippen molar-refractivity contribution >= 4 is 29.0 Å². The average Bonchev–Trinajstić information content (AvgIpc) is 3.65. The van der Waals surface area contributed by atoms with Crippen LogP contribution in [0.15, 0.2) is 66.0 Å². The van der Waals surface area contributed by atoms with E-state index >= 15 is 0 Å². The number of benzene rings is 2. The minimum atomic E-state index is -0.453. The molecule has 3 N–H and O–H groups in total. The molecule has 1 saturated carbocycles. The number of thiophene rings is 1. The predicted molar refractivity (Wildman–Crippen MR) is 137 cm³/mol. The highest BCUT2D eigenvalue weighted by Crippen LogP contribution is 2.38. The van der Waals surface area contributed by atoms with Crippen LogP contribution in [0.25, 0.3) is 11.3 Å². The lowest BCUT2D eigenvalue weighted by Crippen LogP contribution is -2.31. The largest absolute Gasteiger partial charge is 0.507 e. The molecule has 9 heteroatoms. The van der Waals surface area contributed by atoms with Gasteiger partial charge in [-0.15, -0.1) is 11.3 Å². The fraction of sp³-hybridized carbons (Fsp3) is 0.222. The van der Waals surface area contributed by atoms with E-state index in [1.807, 2.05) is 11.4 Å². The zero-order chi connectivity index (χ0) is 25.1. The molecule has 0 aliphatic heterocycles. The smallest absolute Gasteiger partial charge is 0.342 e. The standard InChI is InChI=1S/C27H25FN4O3S/c28-21-9-4-3-8-18(21)16-29-27(35)32-23(17-6-1-2-7-17)15-22(31-32)20-12-11-19(14-24(20)33)30-26(34)25-10-5-13-36-25/h3-5,8-15,17,33H,1-2,6-7,16H2,(H,29,35)(H,30,34). The Hall–Kier alpha value is -3.98. The van der Waals surface area contributed by atoms with Gasteiger partial charge in [0, 0.05) is 35.3 Å².